The van der Waals surface area contributed by atoms with Gasteiger partial charge < -0.3 is 0 Å². The lowest BCUT2D eigenvalue weighted by Crippen LogP contribution is -2.55. The molecule has 1 saturated heterocycles. The Hall–Kier alpha value is -0.370. The van der Waals surface area contributed by atoms with Crippen LogP contribution in [0.25, 0.3) is 0 Å². The quantitative estimate of drug-likeness (QED) is 0.109. The molecule has 0 aromatic rings. The first-order chi connectivity index (χ1) is 18.4. The van der Waals surface area contributed by atoms with Crippen LogP contribution in [0.3, 0.4) is 0 Å². The van der Waals surface area contributed by atoms with Gasteiger partial charge in [0.2, 0.25) is 0 Å². The molecule has 1 unspecified atom stereocenters. The summed E-state index contributed by atoms with van der Waals surface area (Å²) >= 11 is 0. The van der Waals surface area contributed by atoms with Crippen molar-refractivity contribution >= 4 is 5.78 Å². The third-order valence-corrected chi connectivity index (χ3v) is 9.49. The Kier molecular flexibility index (Phi) is 21.0. The minimum atomic E-state index is 0.164. The van der Waals surface area contributed by atoms with Gasteiger partial charge in [-0.2, -0.15) is 0 Å². The third-order valence-electron chi connectivity index (χ3n) is 9.49. The number of rotatable bonds is 25. The van der Waals surface area contributed by atoms with Gasteiger partial charge in [0.25, 0.3) is 0 Å². The molecule has 38 heavy (non-hydrogen) atoms. The monoisotopic (exact) mass is 534 g/mol. The molecule has 0 aromatic heterocycles. The van der Waals surface area contributed by atoms with Crippen LogP contribution in [0.1, 0.15) is 196 Å². The van der Waals surface area contributed by atoms with Crippen LogP contribution in [0, 0.1) is 11.3 Å². The lowest BCUT2D eigenvalue weighted by atomic mass is 9.74. The van der Waals surface area contributed by atoms with Crippen molar-refractivity contribution in [1.29, 1.82) is 0 Å². The summed E-state index contributed by atoms with van der Waals surface area (Å²) in [5.41, 5.74) is 0.290. The molecular weight excluding hydrogens is 462 g/mol. The summed E-state index contributed by atoms with van der Waals surface area (Å²) in [7, 11) is 0. The molecule has 2 nitrogen and oxygen atoms in total. The number of carbonyl (C=O) groups is 1. The number of piperidine rings is 1. The fraction of sp³-hybridized carbons (Fsp3) is 0.972. The van der Waals surface area contributed by atoms with E-state index < -0.39 is 0 Å². The third kappa shape index (κ3) is 15.4. The molecule has 0 amide bonds. The van der Waals surface area contributed by atoms with Crippen molar-refractivity contribution in [2.45, 2.75) is 208 Å². The Balaban J connectivity index is 3.00. The van der Waals surface area contributed by atoms with Crippen molar-refractivity contribution in [2.75, 3.05) is 6.54 Å². The number of hydrogen-bond acceptors (Lipinski definition) is 2. The predicted molar refractivity (Wildman–Crippen MR) is 170 cm³/mol. The van der Waals surface area contributed by atoms with Crippen molar-refractivity contribution < 1.29 is 4.79 Å². The molecule has 1 atom stereocenters. The van der Waals surface area contributed by atoms with Crippen LogP contribution in [0.15, 0.2) is 0 Å². The van der Waals surface area contributed by atoms with E-state index in [-0.39, 0.29) is 6.04 Å². The molecule has 1 heterocycles. The van der Waals surface area contributed by atoms with Gasteiger partial charge in [-0.15, -0.1) is 0 Å². The number of carbonyl (C=O) groups excluding carboxylic acids is 1. The lowest BCUT2D eigenvalue weighted by Gasteiger charge is -2.47. The van der Waals surface area contributed by atoms with E-state index in [1.807, 2.05) is 0 Å². The predicted octanol–water partition coefficient (Wildman–Crippen LogP) is 11.7. The number of unbranched alkanes of at least 4 members (excludes halogenated alkanes) is 14. The molecule has 0 bridgehead atoms. The van der Waals surface area contributed by atoms with Gasteiger partial charge >= 0.3 is 0 Å². The van der Waals surface area contributed by atoms with E-state index >= 15 is 0 Å². The maximum Gasteiger partial charge on any atom is 0.153 e. The summed E-state index contributed by atoms with van der Waals surface area (Å²) in [5.74, 6) is 0.924. The summed E-state index contributed by atoms with van der Waals surface area (Å²) in [4.78, 5) is 17.2. The number of nitrogens with zero attached hydrogens (tertiary/aromatic N) is 1. The highest BCUT2D eigenvalue weighted by Gasteiger charge is 2.41. The molecular formula is C36H71NO. The van der Waals surface area contributed by atoms with E-state index in [9.17, 15) is 4.79 Å². The standard InChI is InChI=1S/C36H71NO/c1-7-11-15-19-23-27-33(28-24-20-16-12-8-2)37-30-29-36(5,6)31-34(37)35(38)32(25-21-17-13-9-3)26-22-18-14-10-4/h32-34H,7-31H2,1-6H3. The summed E-state index contributed by atoms with van der Waals surface area (Å²) in [6.45, 7) is 15.2. The molecule has 1 rings (SSSR count). The largest absolute Gasteiger partial charge is 0.298 e. The van der Waals surface area contributed by atoms with Gasteiger partial charge in [0, 0.05) is 12.0 Å². The van der Waals surface area contributed by atoms with E-state index in [1.54, 1.807) is 0 Å². The maximum atomic E-state index is 14.4. The van der Waals surface area contributed by atoms with Crippen LogP contribution in [-0.4, -0.2) is 29.3 Å². The highest BCUT2D eigenvalue weighted by atomic mass is 16.1. The molecule has 0 aliphatic carbocycles. The SMILES string of the molecule is CCCCCCCC(CCCCCCC)N1CCC(C)(C)CC1C(=O)C(CCCCCC)CCCCCC. The first-order valence-corrected chi connectivity index (χ1v) is 17.7. The van der Waals surface area contributed by atoms with Gasteiger partial charge in [0.05, 0.1) is 6.04 Å². The number of ketones is 1. The number of Topliss-reactive ketones (excluding diaryl/α,β-unsaturated/α-hetero) is 1. The molecule has 0 aromatic carbocycles. The number of hydrogen-bond donors (Lipinski definition) is 0. The molecule has 0 spiro atoms. The van der Waals surface area contributed by atoms with Gasteiger partial charge in [-0.05, 0) is 50.5 Å². The second-order valence-electron chi connectivity index (χ2n) is 13.7. The molecule has 2 heteroatoms. The maximum absolute atomic E-state index is 14.4. The summed E-state index contributed by atoms with van der Waals surface area (Å²) in [6.07, 6.45) is 31.0. The van der Waals surface area contributed by atoms with Gasteiger partial charge in [0.15, 0.2) is 5.78 Å². The van der Waals surface area contributed by atoms with E-state index in [0.29, 0.717) is 23.2 Å². The van der Waals surface area contributed by atoms with Crippen molar-refractivity contribution in [3.8, 4) is 0 Å². The van der Waals surface area contributed by atoms with Crippen molar-refractivity contribution in [3.63, 3.8) is 0 Å². The van der Waals surface area contributed by atoms with Crippen LogP contribution in [-0.2, 0) is 4.79 Å². The van der Waals surface area contributed by atoms with Crippen LogP contribution in [0.2, 0.25) is 0 Å². The summed E-state index contributed by atoms with van der Waals surface area (Å²) in [5, 5.41) is 0. The molecule has 1 fully saturated rings. The summed E-state index contributed by atoms with van der Waals surface area (Å²) < 4.78 is 0. The first-order valence-electron chi connectivity index (χ1n) is 17.7. The molecule has 0 radical (unpaired) electrons. The Morgan fingerprint density at radius 3 is 1.47 bits per heavy atom. The Morgan fingerprint density at radius 1 is 0.632 bits per heavy atom. The Bertz CT molecular complexity index is 530. The fourth-order valence-corrected chi connectivity index (χ4v) is 6.81. The minimum Gasteiger partial charge on any atom is -0.298 e. The van der Waals surface area contributed by atoms with E-state index in [1.165, 1.54) is 135 Å². The molecule has 1 aliphatic heterocycles. The minimum absolute atomic E-state index is 0.164. The average Bonchev–Trinajstić information content (AvgIpc) is 2.90. The van der Waals surface area contributed by atoms with Gasteiger partial charge in [0.1, 0.15) is 0 Å². The van der Waals surface area contributed by atoms with Crippen LogP contribution in [0.5, 0.6) is 0 Å². The van der Waals surface area contributed by atoms with Crippen LogP contribution >= 0.6 is 0 Å². The smallest absolute Gasteiger partial charge is 0.153 e. The average molecular weight is 534 g/mol. The Morgan fingerprint density at radius 2 is 1.03 bits per heavy atom. The topological polar surface area (TPSA) is 20.3 Å². The fourth-order valence-electron chi connectivity index (χ4n) is 6.81. The second-order valence-corrected chi connectivity index (χ2v) is 13.7. The zero-order valence-electron chi connectivity index (χ0n) is 27.3. The van der Waals surface area contributed by atoms with Gasteiger partial charge in [-0.3, -0.25) is 9.69 Å². The van der Waals surface area contributed by atoms with Gasteiger partial charge in [-0.25, -0.2) is 0 Å². The normalized spacial score (nSPS) is 18.1. The van der Waals surface area contributed by atoms with Crippen molar-refractivity contribution in [1.82, 2.24) is 4.90 Å². The van der Waals surface area contributed by atoms with Crippen molar-refractivity contribution in [2.24, 2.45) is 11.3 Å². The van der Waals surface area contributed by atoms with E-state index in [2.05, 4.69) is 46.4 Å². The van der Waals surface area contributed by atoms with E-state index in [0.717, 1.165) is 25.8 Å². The van der Waals surface area contributed by atoms with Crippen LogP contribution < -0.4 is 0 Å². The molecule has 226 valence electrons. The Labute approximate surface area is 240 Å². The van der Waals surface area contributed by atoms with Crippen molar-refractivity contribution in [3.05, 3.63) is 0 Å². The molecule has 1 aliphatic rings. The van der Waals surface area contributed by atoms with E-state index in [4.69, 9.17) is 0 Å². The molecule has 0 N–H and O–H groups in total. The van der Waals surface area contributed by atoms with Gasteiger partial charge in [-0.1, -0.05) is 157 Å². The first kappa shape index (κ1) is 35.7. The summed E-state index contributed by atoms with van der Waals surface area (Å²) in [6, 6.07) is 0.779. The zero-order valence-corrected chi connectivity index (χ0v) is 27.3. The highest BCUT2D eigenvalue weighted by molar-refractivity contribution is 5.86. The zero-order chi connectivity index (χ0) is 28.1. The number of likely N-dealkylation sites (tertiary alicyclic amines) is 1. The highest BCUT2D eigenvalue weighted by Crippen LogP contribution is 2.38. The lowest BCUT2D eigenvalue weighted by molar-refractivity contribution is -0.133. The second kappa shape index (κ2) is 22.3. The molecule has 0 saturated carbocycles. The van der Waals surface area contributed by atoms with Crippen LogP contribution in [0.4, 0.5) is 0 Å².